The molecule has 3 nitrogen and oxygen atoms in total. The summed E-state index contributed by atoms with van der Waals surface area (Å²) in [4.78, 5) is 17.2. The van der Waals surface area contributed by atoms with E-state index in [0.29, 0.717) is 0 Å². The van der Waals surface area contributed by atoms with Gasteiger partial charge < -0.3 is 0 Å². The van der Waals surface area contributed by atoms with E-state index in [1.54, 1.807) is 11.3 Å². The van der Waals surface area contributed by atoms with Crippen molar-refractivity contribution in [2.24, 2.45) is 0 Å². The van der Waals surface area contributed by atoms with Crippen molar-refractivity contribution < 1.29 is 9.63 Å². The number of rotatable bonds is 3. The predicted molar refractivity (Wildman–Crippen MR) is 52.5 cm³/mol. The molecule has 1 amide bonds. The van der Waals surface area contributed by atoms with Crippen LogP contribution in [0.1, 0.15) is 18.7 Å². The first-order chi connectivity index (χ1) is 6.09. The third-order valence-corrected chi connectivity index (χ3v) is 3.09. The van der Waals surface area contributed by atoms with Crippen LogP contribution >= 0.6 is 11.3 Å². The molecule has 0 unspecified atom stereocenters. The van der Waals surface area contributed by atoms with Crippen LogP contribution in [0.15, 0.2) is 17.5 Å². The zero-order chi connectivity index (χ0) is 9.90. The Balaban J connectivity index is 2.82. The van der Waals surface area contributed by atoms with E-state index in [1.807, 2.05) is 31.4 Å². The van der Waals surface area contributed by atoms with Gasteiger partial charge in [-0.3, -0.25) is 9.63 Å². The number of amides is 1. The lowest BCUT2D eigenvalue weighted by molar-refractivity contribution is -0.136. The van der Waals surface area contributed by atoms with Crippen LogP contribution in [-0.2, 0) is 15.0 Å². The Hall–Kier alpha value is -0.870. The first kappa shape index (κ1) is 10.2. The lowest BCUT2D eigenvalue weighted by Gasteiger charge is -2.20. The second-order valence-corrected chi connectivity index (χ2v) is 4.19. The molecular weight excluding hydrogens is 186 g/mol. The quantitative estimate of drug-likeness (QED) is 0.752. The van der Waals surface area contributed by atoms with Gasteiger partial charge in [-0.15, -0.1) is 11.3 Å². The average molecular weight is 199 g/mol. The highest BCUT2D eigenvalue weighted by atomic mass is 32.1. The Labute approximate surface area is 81.7 Å². The van der Waals surface area contributed by atoms with Crippen molar-refractivity contribution in [1.29, 1.82) is 0 Å². The van der Waals surface area contributed by atoms with E-state index in [-0.39, 0.29) is 5.91 Å². The Morgan fingerprint density at radius 3 is 2.77 bits per heavy atom. The fraction of sp³-hybridized carbons (Fsp3) is 0.444. The predicted octanol–water partition coefficient (Wildman–Crippen LogP) is 1.70. The number of hydrogen-bond acceptors (Lipinski definition) is 3. The monoisotopic (exact) mass is 199 g/mol. The molecule has 0 spiro atoms. The molecule has 1 N–H and O–H groups in total. The second kappa shape index (κ2) is 3.89. The number of hydroxylamine groups is 1. The second-order valence-electron chi connectivity index (χ2n) is 3.24. The molecule has 0 radical (unpaired) electrons. The minimum absolute atomic E-state index is 0.127. The van der Waals surface area contributed by atoms with Gasteiger partial charge in [0.1, 0.15) is 0 Å². The van der Waals surface area contributed by atoms with Crippen LogP contribution in [0.5, 0.6) is 0 Å². The Morgan fingerprint density at radius 1 is 1.62 bits per heavy atom. The van der Waals surface area contributed by atoms with Crippen molar-refractivity contribution in [3.63, 3.8) is 0 Å². The van der Waals surface area contributed by atoms with Crippen LogP contribution in [0.4, 0.5) is 0 Å². The summed E-state index contributed by atoms with van der Waals surface area (Å²) in [5.74, 6) is -0.127. The van der Waals surface area contributed by atoms with Crippen molar-refractivity contribution in [3.8, 4) is 0 Å². The number of hydrogen-bond donors (Lipinski definition) is 1. The van der Waals surface area contributed by atoms with Gasteiger partial charge in [-0.05, 0) is 25.3 Å². The van der Waals surface area contributed by atoms with Crippen LogP contribution < -0.4 is 5.48 Å². The van der Waals surface area contributed by atoms with Gasteiger partial charge in [-0.2, -0.15) is 0 Å². The standard InChI is InChI=1S/C9H13NO2S/c1-9(2,8(11)10-12-3)7-5-4-6-13-7/h4-6H,1-3H3,(H,10,11). The van der Waals surface area contributed by atoms with Gasteiger partial charge in [0.25, 0.3) is 5.91 Å². The van der Waals surface area contributed by atoms with Gasteiger partial charge in [-0.1, -0.05) is 6.07 Å². The number of carbonyl (C=O) groups is 1. The van der Waals surface area contributed by atoms with E-state index in [0.717, 1.165) is 4.88 Å². The number of carbonyl (C=O) groups excluding carboxylic acids is 1. The van der Waals surface area contributed by atoms with Gasteiger partial charge in [0, 0.05) is 4.88 Å². The van der Waals surface area contributed by atoms with Crippen LogP contribution in [-0.4, -0.2) is 13.0 Å². The van der Waals surface area contributed by atoms with Gasteiger partial charge in [0.05, 0.1) is 12.5 Å². The normalized spacial score (nSPS) is 11.3. The van der Waals surface area contributed by atoms with E-state index >= 15 is 0 Å². The molecule has 13 heavy (non-hydrogen) atoms. The molecule has 0 aliphatic rings. The molecule has 0 atom stereocenters. The molecule has 4 heteroatoms. The van der Waals surface area contributed by atoms with Crippen LogP contribution in [0.3, 0.4) is 0 Å². The largest absolute Gasteiger partial charge is 0.277 e. The molecule has 0 saturated carbocycles. The van der Waals surface area contributed by atoms with E-state index in [1.165, 1.54) is 7.11 Å². The van der Waals surface area contributed by atoms with Gasteiger partial charge >= 0.3 is 0 Å². The van der Waals surface area contributed by atoms with Gasteiger partial charge in [-0.25, -0.2) is 5.48 Å². The number of nitrogens with one attached hydrogen (secondary N) is 1. The summed E-state index contributed by atoms with van der Waals surface area (Å²) in [7, 11) is 1.43. The maximum absolute atomic E-state index is 11.5. The van der Waals surface area contributed by atoms with Crippen molar-refractivity contribution in [3.05, 3.63) is 22.4 Å². The molecule has 72 valence electrons. The summed E-state index contributed by atoms with van der Waals surface area (Å²) in [5, 5.41) is 1.96. The minimum Gasteiger partial charge on any atom is -0.277 e. The zero-order valence-corrected chi connectivity index (χ0v) is 8.77. The number of thiophene rings is 1. The molecule has 1 rings (SSSR count). The first-order valence-corrected chi connectivity index (χ1v) is 4.84. The van der Waals surface area contributed by atoms with Gasteiger partial charge in [0.2, 0.25) is 0 Å². The molecule has 0 saturated heterocycles. The van der Waals surface area contributed by atoms with Crippen molar-refractivity contribution >= 4 is 17.2 Å². The first-order valence-electron chi connectivity index (χ1n) is 3.96. The maximum atomic E-state index is 11.5. The molecule has 1 aromatic rings. The lowest BCUT2D eigenvalue weighted by atomic mass is 9.91. The van der Waals surface area contributed by atoms with Crippen molar-refractivity contribution in [2.75, 3.05) is 7.11 Å². The Morgan fingerprint density at radius 2 is 2.31 bits per heavy atom. The minimum atomic E-state index is -0.524. The van der Waals surface area contributed by atoms with Crippen molar-refractivity contribution in [2.45, 2.75) is 19.3 Å². The molecule has 0 aliphatic heterocycles. The third kappa shape index (κ3) is 2.08. The highest BCUT2D eigenvalue weighted by Crippen LogP contribution is 2.27. The summed E-state index contributed by atoms with van der Waals surface area (Å²) in [5.41, 5.74) is 1.82. The molecule has 0 fully saturated rings. The SMILES string of the molecule is CONC(=O)C(C)(C)c1cccs1. The molecule has 0 aliphatic carbocycles. The van der Waals surface area contributed by atoms with Crippen LogP contribution in [0.25, 0.3) is 0 Å². The van der Waals surface area contributed by atoms with Crippen molar-refractivity contribution in [1.82, 2.24) is 5.48 Å². The Bertz CT molecular complexity index is 280. The highest BCUT2D eigenvalue weighted by molar-refractivity contribution is 7.10. The molecular formula is C9H13NO2S. The lowest BCUT2D eigenvalue weighted by Crippen LogP contribution is -2.38. The molecule has 0 bridgehead atoms. The zero-order valence-electron chi connectivity index (χ0n) is 7.96. The molecule has 0 aromatic carbocycles. The summed E-state index contributed by atoms with van der Waals surface area (Å²) in [6, 6.07) is 3.88. The third-order valence-electron chi connectivity index (χ3n) is 1.90. The smallest absolute Gasteiger partial charge is 0.254 e. The highest BCUT2D eigenvalue weighted by Gasteiger charge is 2.30. The summed E-state index contributed by atoms with van der Waals surface area (Å²) >= 11 is 1.57. The summed E-state index contributed by atoms with van der Waals surface area (Å²) in [6.45, 7) is 3.74. The summed E-state index contributed by atoms with van der Waals surface area (Å²) in [6.07, 6.45) is 0. The molecule has 1 aromatic heterocycles. The average Bonchev–Trinajstić information content (AvgIpc) is 2.56. The molecule has 1 heterocycles. The van der Waals surface area contributed by atoms with E-state index in [2.05, 4.69) is 10.3 Å². The van der Waals surface area contributed by atoms with Crippen LogP contribution in [0, 0.1) is 0 Å². The Kier molecular flexibility index (Phi) is 3.06. The van der Waals surface area contributed by atoms with E-state index in [9.17, 15) is 4.79 Å². The van der Waals surface area contributed by atoms with Gasteiger partial charge in [0.15, 0.2) is 0 Å². The fourth-order valence-electron chi connectivity index (χ4n) is 0.966. The topological polar surface area (TPSA) is 38.3 Å². The maximum Gasteiger partial charge on any atom is 0.254 e. The fourth-order valence-corrected chi connectivity index (χ4v) is 1.81. The van der Waals surface area contributed by atoms with Crippen LogP contribution in [0.2, 0.25) is 0 Å². The van der Waals surface area contributed by atoms with E-state index in [4.69, 9.17) is 0 Å². The summed E-state index contributed by atoms with van der Waals surface area (Å²) < 4.78 is 0. The van der Waals surface area contributed by atoms with E-state index < -0.39 is 5.41 Å².